The highest BCUT2D eigenvalue weighted by Gasteiger charge is 2.41. The minimum atomic E-state index is -5.04. The molecule has 0 spiro atoms. The number of amides is 1. The van der Waals surface area contributed by atoms with Gasteiger partial charge in [0.25, 0.3) is 5.78 Å². The van der Waals surface area contributed by atoms with E-state index in [1.54, 1.807) is 4.90 Å². The van der Waals surface area contributed by atoms with Gasteiger partial charge in [0.05, 0.1) is 23.8 Å². The van der Waals surface area contributed by atoms with Gasteiger partial charge in [0, 0.05) is 24.7 Å². The number of ether oxygens (including phenoxy) is 1. The third-order valence-electron chi connectivity index (χ3n) is 4.82. The van der Waals surface area contributed by atoms with E-state index in [2.05, 4.69) is 4.74 Å². The van der Waals surface area contributed by atoms with Gasteiger partial charge in [-0.2, -0.15) is 13.2 Å². The second kappa shape index (κ2) is 7.65. The minimum absolute atomic E-state index is 0.0291. The van der Waals surface area contributed by atoms with Crippen molar-refractivity contribution in [3.05, 3.63) is 35.5 Å². The van der Waals surface area contributed by atoms with Crippen molar-refractivity contribution in [2.24, 2.45) is 0 Å². The average Bonchev–Trinajstić information content (AvgIpc) is 3.04. The van der Waals surface area contributed by atoms with Crippen LogP contribution in [-0.4, -0.2) is 53.5 Å². The number of hydrogen-bond donors (Lipinski definition) is 0. The molecule has 1 amide bonds. The topological polar surface area (TPSA) is 68.6 Å². The summed E-state index contributed by atoms with van der Waals surface area (Å²) in [6, 6.07) is 3.89. The molecule has 1 aliphatic rings. The van der Waals surface area contributed by atoms with Crippen molar-refractivity contribution in [2.75, 3.05) is 20.2 Å². The van der Waals surface area contributed by atoms with Gasteiger partial charge < -0.3 is 14.2 Å². The quantitative estimate of drug-likeness (QED) is 0.588. The largest absolute Gasteiger partial charge is 0.465 e. The normalized spacial score (nSPS) is 14.9. The second-order valence-corrected chi connectivity index (χ2v) is 6.66. The van der Waals surface area contributed by atoms with E-state index in [1.807, 2.05) is 0 Å². The molecule has 150 valence electrons. The highest BCUT2D eigenvalue weighted by molar-refractivity contribution is 6.11. The molecule has 1 saturated heterocycles. The fraction of sp³-hybridized carbons (Fsp3) is 0.421. The first-order chi connectivity index (χ1) is 13.2. The number of Topliss-reactive ketones (excluding diaryl/α,β-unsaturated/α-hetero) is 1. The molecule has 6 nitrogen and oxygen atoms in total. The Morgan fingerprint density at radius 1 is 1.11 bits per heavy atom. The van der Waals surface area contributed by atoms with Crippen molar-refractivity contribution in [3.8, 4) is 0 Å². The molecule has 9 heteroatoms. The van der Waals surface area contributed by atoms with Gasteiger partial charge in [0.2, 0.25) is 5.91 Å². The van der Waals surface area contributed by atoms with E-state index in [0.717, 1.165) is 25.5 Å². The number of likely N-dealkylation sites (tertiary alicyclic amines) is 1. The standard InChI is InChI=1S/C19H19F3N2O4/c1-28-18(27)12-5-6-13-14(17(26)19(20,21)22)10-24(15(13)9-12)11-16(25)23-7-3-2-4-8-23/h5-6,9-10H,2-4,7-8,11H2,1H3. The number of aromatic nitrogens is 1. The highest BCUT2D eigenvalue weighted by atomic mass is 19.4. The lowest BCUT2D eigenvalue weighted by molar-refractivity contribution is -0.132. The average molecular weight is 396 g/mol. The van der Waals surface area contributed by atoms with Gasteiger partial charge >= 0.3 is 12.1 Å². The Bertz CT molecular complexity index is 927. The van der Waals surface area contributed by atoms with Gasteiger partial charge in [-0.1, -0.05) is 6.07 Å². The van der Waals surface area contributed by atoms with Crippen LogP contribution in [0.3, 0.4) is 0 Å². The maximum absolute atomic E-state index is 13.0. The predicted octanol–water partition coefficient (Wildman–Crippen LogP) is 3.19. The summed E-state index contributed by atoms with van der Waals surface area (Å²) in [5.74, 6) is -2.90. The van der Waals surface area contributed by atoms with Crippen LogP contribution < -0.4 is 0 Å². The minimum Gasteiger partial charge on any atom is -0.465 e. The van der Waals surface area contributed by atoms with Crippen LogP contribution in [-0.2, 0) is 16.1 Å². The van der Waals surface area contributed by atoms with E-state index < -0.39 is 23.5 Å². The van der Waals surface area contributed by atoms with Gasteiger partial charge in [-0.3, -0.25) is 9.59 Å². The van der Waals surface area contributed by atoms with Crippen molar-refractivity contribution < 1.29 is 32.3 Å². The Hall–Kier alpha value is -2.84. The Kier molecular flexibility index (Phi) is 5.44. The van der Waals surface area contributed by atoms with E-state index in [0.29, 0.717) is 13.1 Å². The van der Waals surface area contributed by atoms with E-state index >= 15 is 0 Å². The van der Waals surface area contributed by atoms with E-state index in [1.165, 1.54) is 29.9 Å². The molecule has 3 rings (SSSR count). The lowest BCUT2D eigenvalue weighted by atomic mass is 10.1. The van der Waals surface area contributed by atoms with Crippen LogP contribution in [0.1, 0.15) is 40.0 Å². The number of halogens is 3. The maximum atomic E-state index is 13.0. The number of hydrogen-bond acceptors (Lipinski definition) is 4. The summed E-state index contributed by atoms with van der Waals surface area (Å²) < 4.78 is 44.9. The van der Waals surface area contributed by atoms with E-state index in [-0.39, 0.29) is 28.9 Å². The third kappa shape index (κ3) is 3.88. The third-order valence-corrected chi connectivity index (χ3v) is 4.82. The Morgan fingerprint density at radius 3 is 2.39 bits per heavy atom. The number of esters is 1. The number of fused-ring (bicyclic) bond motifs is 1. The molecule has 0 radical (unpaired) electrons. The molecule has 0 unspecified atom stereocenters. The number of carbonyl (C=O) groups excluding carboxylic acids is 3. The number of nitrogens with zero attached hydrogens (tertiary/aromatic N) is 2. The van der Waals surface area contributed by atoms with Crippen LogP contribution >= 0.6 is 0 Å². The lowest BCUT2D eigenvalue weighted by Crippen LogP contribution is -2.37. The van der Waals surface area contributed by atoms with Gasteiger partial charge in [-0.15, -0.1) is 0 Å². The lowest BCUT2D eigenvalue weighted by Gasteiger charge is -2.27. The summed E-state index contributed by atoms with van der Waals surface area (Å²) >= 11 is 0. The van der Waals surface area contributed by atoms with Gasteiger partial charge in [-0.05, 0) is 31.4 Å². The molecule has 0 saturated carbocycles. The smallest absolute Gasteiger partial charge is 0.454 e. The highest BCUT2D eigenvalue weighted by Crippen LogP contribution is 2.29. The fourth-order valence-electron chi connectivity index (χ4n) is 3.39. The molecule has 0 atom stereocenters. The van der Waals surface area contributed by atoms with Crippen LogP contribution in [0, 0.1) is 0 Å². The van der Waals surface area contributed by atoms with E-state index in [4.69, 9.17) is 0 Å². The van der Waals surface area contributed by atoms with Crippen LogP contribution in [0.15, 0.2) is 24.4 Å². The zero-order chi connectivity index (χ0) is 20.5. The van der Waals surface area contributed by atoms with Crippen molar-refractivity contribution in [3.63, 3.8) is 0 Å². The molecule has 0 N–H and O–H groups in total. The molecule has 28 heavy (non-hydrogen) atoms. The summed E-state index contributed by atoms with van der Waals surface area (Å²) in [5, 5.41) is 0.0291. The molecule has 1 fully saturated rings. The number of methoxy groups -OCH3 is 1. The first-order valence-corrected chi connectivity index (χ1v) is 8.83. The van der Waals surface area contributed by atoms with Crippen LogP contribution in [0.4, 0.5) is 13.2 Å². The summed E-state index contributed by atoms with van der Waals surface area (Å²) in [7, 11) is 1.18. The fourth-order valence-corrected chi connectivity index (χ4v) is 3.39. The molecule has 0 aliphatic carbocycles. The first kappa shape index (κ1) is 19.9. The van der Waals surface area contributed by atoms with Crippen molar-refractivity contribution in [1.82, 2.24) is 9.47 Å². The Morgan fingerprint density at radius 2 is 1.79 bits per heavy atom. The molecule has 2 heterocycles. The maximum Gasteiger partial charge on any atom is 0.454 e. The zero-order valence-electron chi connectivity index (χ0n) is 15.2. The van der Waals surface area contributed by atoms with Crippen LogP contribution in [0.2, 0.25) is 0 Å². The molecule has 2 aromatic rings. The number of carbonyl (C=O) groups is 3. The Balaban J connectivity index is 2.04. The van der Waals surface area contributed by atoms with Gasteiger partial charge in [0.1, 0.15) is 6.54 Å². The molecule has 0 bridgehead atoms. The first-order valence-electron chi connectivity index (χ1n) is 8.83. The summed E-state index contributed by atoms with van der Waals surface area (Å²) in [4.78, 5) is 37.8. The molecule has 1 aromatic carbocycles. The van der Waals surface area contributed by atoms with Gasteiger partial charge in [0.15, 0.2) is 0 Å². The number of ketones is 1. The monoisotopic (exact) mass is 396 g/mol. The van der Waals surface area contributed by atoms with Crippen LogP contribution in [0.5, 0.6) is 0 Å². The molecule has 1 aliphatic heterocycles. The number of rotatable bonds is 4. The van der Waals surface area contributed by atoms with Gasteiger partial charge in [-0.25, -0.2) is 4.79 Å². The van der Waals surface area contributed by atoms with E-state index in [9.17, 15) is 27.6 Å². The molecule has 1 aromatic heterocycles. The summed E-state index contributed by atoms with van der Waals surface area (Å²) in [6.45, 7) is 0.978. The number of piperidine rings is 1. The predicted molar refractivity (Wildman–Crippen MR) is 94.1 cm³/mol. The van der Waals surface area contributed by atoms with Crippen LogP contribution in [0.25, 0.3) is 10.9 Å². The number of benzene rings is 1. The SMILES string of the molecule is COC(=O)c1ccc2c(C(=O)C(F)(F)F)cn(CC(=O)N3CCCCC3)c2c1. The zero-order valence-corrected chi connectivity index (χ0v) is 15.2. The van der Waals surface area contributed by atoms with Crippen molar-refractivity contribution in [2.45, 2.75) is 32.0 Å². The Labute approximate surface area is 158 Å². The molecular weight excluding hydrogens is 377 g/mol. The van der Waals surface area contributed by atoms with Crippen molar-refractivity contribution >= 4 is 28.6 Å². The second-order valence-electron chi connectivity index (χ2n) is 6.66. The summed E-state index contributed by atoms with van der Waals surface area (Å²) in [5.41, 5.74) is -0.239. The molecular formula is C19H19F3N2O4. The number of alkyl halides is 3. The van der Waals surface area contributed by atoms with Crippen molar-refractivity contribution in [1.29, 1.82) is 0 Å². The summed E-state index contributed by atoms with van der Waals surface area (Å²) in [6.07, 6.45) is -1.23.